The summed E-state index contributed by atoms with van der Waals surface area (Å²) in [7, 11) is 1.56. The number of nitro benzene ring substituents is 1. The zero-order chi connectivity index (χ0) is 16.5. The number of aliphatic hydroxyl groups is 1. The largest absolute Gasteiger partial charge is 0.389 e. The molecule has 2 rings (SSSR count). The summed E-state index contributed by atoms with van der Waals surface area (Å²) in [6.07, 6.45) is 2.01. The number of nitrogens with one attached hydrogen (secondary N) is 1. The minimum absolute atomic E-state index is 0.102. The van der Waals surface area contributed by atoms with Crippen molar-refractivity contribution in [2.24, 2.45) is 0 Å². The van der Waals surface area contributed by atoms with Gasteiger partial charge in [0.1, 0.15) is 5.69 Å². The van der Waals surface area contributed by atoms with E-state index < -0.39 is 10.5 Å². The molecule has 2 N–H and O–H groups in total. The van der Waals surface area contributed by atoms with Crippen molar-refractivity contribution in [3.63, 3.8) is 0 Å². The summed E-state index contributed by atoms with van der Waals surface area (Å²) in [6.45, 7) is 3.34. The van der Waals surface area contributed by atoms with Crippen molar-refractivity contribution >= 4 is 17.3 Å². The minimum Gasteiger partial charge on any atom is -0.389 e. The van der Waals surface area contributed by atoms with Gasteiger partial charge in [-0.2, -0.15) is 0 Å². The first-order valence-corrected chi connectivity index (χ1v) is 7.20. The molecule has 0 spiro atoms. The number of carbonyl (C=O) groups is 1. The van der Waals surface area contributed by atoms with Crippen LogP contribution in [0.3, 0.4) is 0 Å². The smallest absolute Gasteiger partial charge is 0.293 e. The fourth-order valence-electron chi connectivity index (χ4n) is 2.26. The van der Waals surface area contributed by atoms with E-state index >= 15 is 0 Å². The highest BCUT2D eigenvalue weighted by Gasteiger charge is 2.27. The van der Waals surface area contributed by atoms with E-state index in [1.165, 1.54) is 11.0 Å². The predicted octanol–water partition coefficient (Wildman–Crippen LogP) is 2.01. The molecule has 0 heterocycles. The Hall–Kier alpha value is -2.15. The summed E-state index contributed by atoms with van der Waals surface area (Å²) in [6, 6.07) is 4.72. The van der Waals surface area contributed by atoms with Gasteiger partial charge in [-0.1, -0.05) is 0 Å². The second kappa shape index (κ2) is 5.92. The maximum absolute atomic E-state index is 12.3. The highest BCUT2D eigenvalue weighted by Crippen LogP contribution is 2.31. The fraction of sp³-hybridized carbons (Fsp3) is 0.533. The third-order valence-corrected chi connectivity index (χ3v) is 3.35. The van der Waals surface area contributed by atoms with E-state index in [9.17, 15) is 20.0 Å². The van der Waals surface area contributed by atoms with Crippen LogP contribution in [0, 0.1) is 10.1 Å². The first kappa shape index (κ1) is 16.2. The van der Waals surface area contributed by atoms with Gasteiger partial charge in [0.15, 0.2) is 0 Å². The lowest BCUT2D eigenvalue weighted by Gasteiger charge is -2.25. The first-order chi connectivity index (χ1) is 10.2. The average molecular weight is 307 g/mol. The van der Waals surface area contributed by atoms with E-state index in [0.29, 0.717) is 5.69 Å². The van der Waals surface area contributed by atoms with Crippen LogP contribution in [0.25, 0.3) is 0 Å². The maximum atomic E-state index is 12.3. The topological polar surface area (TPSA) is 95.7 Å². The number of likely N-dealkylation sites (N-methyl/N-ethyl adjacent to an activating group) is 1. The lowest BCUT2D eigenvalue weighted by Crippen LogP contribution is -2.39. The van der Waals surface area contributed by atoms with Crippen LogP contribution in [0.4, 0.5) is 11.4 Å². The van der Waals surface area contributed by atoms with Crippen LogP contribution in [0.1, 0.15) is 37.0 Å². The molecule has 22 heavy (non-hydrogen) atoms. The van der Waals surface area contributed by atoms with Crippen LogP contribution < -0.4 is 5.32 Å². The van der Waals surface area contributed by atoms with Gasteiger partial charge in [-0.3, -0.25) is 14.9 Å². The van der Waals surface area contributed by atoms with Gasteiger partial charge in [0, 0.05) is 31.3 Å². The normalized spacial score (nSPS) is 14.5. The van der Waals surface area contributed by atoms with Crippen LogP contribution in [0.5, 0.6) is 0 Å². The lowest BCUT2D eigenvalue weighted by atomic mass is 10.1. The number of benzene rings is 1. The number of carbonyl (C=O) groups excluding carboxylic acids is 1. The Kier molecular flexibility index (Phi) is 4.37. The third-order valence-electron chi connectivity index (χ3n) is 3.35. The van der Waals surface area contributed by atoms with Crippen LogP contribution in [-0.2, 0) is 0 Å². The molecule has 0 aliphatic heterocycles. The van der Waals surface area contributed by atoms with Gasteiger partial charge in [0.2, 0.25) is 0 Å². The van der Waals surface area contributed by atoms with Gasteiger partial charge in [0.05, 0.1) is 10.5 Å². The molecule has 1 aromatic rings. The Bertz CT molecular complexity index is 591. The van der Waals surface area contributed by atoms with E-state index in [4.69, 9.17) is 0 Å². The molecular formula is C15H21N3O4. The molecule has 0 atom stereocenters. The molecule has 1 amide bonds. The number of anilines is 1. The Morgan fingerprint density at radius 2 is 2.14 bits per heavy atom. The van der Waals surface area contributed by atoms with E-state index in [-0.39, 0.29) is 29.7 Å². The molecule has 7 heteroatoms. The van der Waals surface area contributed by atoms with E-state index in [2.05, 4.69) is 5.32 Å². The van der Waals surface area contributed by atoms with Gasteiger partial charge >= 0.3 is 0 Å². The summed E-state index contributed by atoms with van der Waals surface area (Å²) >= 11 is 0. The molecule has 1 aromatic carbocycles. The summed E-state index contributed by atoms with van der Waals surface area (Å²) in [5, 5.41) is 24.1. The quantitative estimate of drug-likeness (QED) is 0.619. The van der Waals surface area contributed by atoms with Crippen molar-refractivity contribution < 1.29 is 14.8 Å². The van der Waals surface area contributed by atoms with Crippen LogP contribution in [0.15, 0.2) is 18.2 Å². The molecule has 0 bridgehead atoms. The van der Waals surface area contributed by atoms with E-state index in [0.717, 1.165) is 12.8 Å². The number of hydrogen-bond donors (Lipinski definition) is 2. The van der Waals surface area contributed by atoms with Crippen molar-refractivity contribution in [1.29, 1.82) is 0 Å². The molecule has 1 aliphatic carbocycles. The van der Waals surface area contributed by atoms with Gasteiger partial charge in [-0.25, -0.2) is 0 Å². The molecule has 1 aliphatic rings. The Labute approximate surface area is 129 Å². The first-order valence-electron chi connectivity index (χ1n) is 7.20. The van der Waals surface area contributed by atoms with Crippen LogP contribution in [0.2, 0.25) is 0 Å². The van der Waals surface area contributed by atoms with E-state index in [1.54, 1.807) is 33.0 Å². The highest BCUT2D eigenvalue weighted by atomic mass is 16.6. The number of nitrogens with zero attached hydrogens (tertiary/aromatic N) is 2. The monoisotopic (exact) mass is 307 g/mol. The molecule has 120 valence electrons. The standard InChI is InChI=1S/C15H21N3O4/c1-15(2,20)9-17(3)14(19)10-4-7-12(16-11-5-6-11)13(8-10)18(21)22/h4,7-8,11,16,20H,5-6,9H2,1-3H3. The number of hydrogen-bond acceptors (Lipinski definition) is 5. The van der Waals surface area contributed by atoms with Crippen LogP contribution >= 0.6 is 0 Å². The average Bonchev–Trinajstić information content (AvgIpc) is 3.20. The molecule has 0 radical (unpaired) electrons. The summed E-state index contributed by atoms with van der Waals surface area (Å²) in [5.74, 6) is -0.358. The Morgan fingerprint density at radius 3 is 2.64 bits per heavy atom. The summed E-state index contributed by atoms with van der Waals surface area (Å²) in [4.78, 5) is 24.4. The molecule has 0 unspecified atom stereocenters. The van der Waals surface area contributed by atoms with Gasteiger partial charge in [0.25, 0.3) is 11.6 Å². The molecular weight excluding hydrogens is 286 g/mol. The second-order valence-corrected chi connectivity index (χ2v) is 6.38. The van der Waals surface area contributed by atoms with Crippen molar-refractivity contribution in [1.82, 2.24) is 4.90 Å². The van der Waals surface area contributed by atoms with Crippen LogP contribution in [-0.4, -0.2) is 46.1 Å². The zero-order valence-electron chi connectivity index (χ0n) is 13.0. The van der Waals surface area contributed by atoms with Crippen molar-refractivity contribution in [2.75, 3.05) is 18.9 Å². The number of amides is 1. The van der Waals surface area contributed by atoms with Crippen molar-refractivity contribution in [3.8, 4) is 0 Å². The molecule has 1 fully saturated rings. The number of nitro groups is 1. The minimum atomic E-state index is -1.02. The fourth-order valence-corrected chi connectivity index (χ4v) is 2.26. The zero-order valence-corrected chi connectivity index (χ0v) is 13.0. The molecule has 0 aromatic heterocycles. The molecule has 0 saturated heterocycles. The number of rotatable bonds is 6. The maximum Gasteiger partial charge on any atom is 0.293 e. The van der Waals surface area contributed by atoms with Gasteiger partial charge < -0.3 is 15.3 Å². The van der Waals surface area contributed by atoms with Gasteiger partial charge in [-0.15, -0.1) is 0 Å². The second-order valence-electron chi connectivity index (χ2n) is 6.38. The Morgan fingerprint density at radius 1 is 1.50 bits per heavy atom. The van der Waals surface area contributed by atoms with Crippen molar-refractivity contribution in [3.05, 3.63) is 33.9 Å². The third kappa shape index (κ3) is 4.17. The summed E-state index contributed by atoms with van der Waals surface area (Å²) in [5.41, 5.74) is -0.451. The molecule has 7 nitrogen and oxygen atoms in total. The van der Waals surface area contributed by atoms with Crippen molar-refractivity contribution in [2.45, 2.75) is 38.3 Å². The predicted molar refractivity (Wildman–Crippen MR) is 83.0 cm³/mol. The SMILES string of the molecule is CN(CC(C)(C)O)C(=O)c1ccc(NC2CC2)c([N+](=O)[O-])c1. The van der Waals surface area contributed by atoms with E-state index in [1.807, 2.05) is 0 Å². The lowest BCUT2D eigenvalue weighted by molar-refractivity contribution is -0.384. The molecule has 1 saturated carbocycles. The summed E-state index contributed by atoms with van der Waals surface area (Å²) < 4.78 is 0. The Balaban J connectivity index is 2.21. The highest BCUT2D eigenvalue weighted by molar-refractivity contribution is 5.95. The van der Waals surface area contributed by atoms with Gasteiger partial charge in [-0.05, 0) is 38.8 Å².